The molecule has 0 fully saturated rings. The van der Waals surface area contributed by atoms with Crippen molar-refractivity contribution in [2.75, 3.05) is 0 Å². The summed E-state index contributed by atoms with van der Waals surface area (Å²) in [5.41, 5.74) is 3.05. The van der Waals surface area contributed by atoms with Crippen molar-refractivity contribution in [3.8, 4) is 11.5 Å². The molecule has 2 N–H and O–H groups in total. The van der Waals surface area contributed by atoms with E-state index in [1.807, 2.05) is 20.0 Å². The third-order valence-corrected chi connectivity index (χ3v) is 2.20. The zero-order valence-electron chi connectivity index (χ0n) is 8.68. The van der Waals surface area contributed by atoms with E-state index in [4.69, 9.17) is 0 Å². The molecule has 2 aromatic heterocycles. The molecule has 0 aliphatic heterocycles. The summed E-state index contributed by atoms with van der Waals surface area (Å²) in [5, 5.41) is 0. The van der Waals surface area contributed by atoms with Crippen LogP contribution in [0.25, 0.3) is 11.5 Å². The van der Waals surface area contributed by atoms with E-state index in [-0.39, 0.29) is 0 Å². The van der Waals surface area contributed by atoms with Crippen LogP contribution in [-0.2, 0) is 6.42 Å². The van der Waals surface area contributed by atoms with E-state index in [1.54, 1.807) is 0 Å². The lowest BCUT2D eigenvalue weighted by molar-refractivity contribution is 0.981. The van der Waals surface area contributed by atoms with Gasteiger partial charge in [-0.15, -0.1) is 0 Å². The van der Waals surface area contributed by atoms with Crippen LogP contribution in [0.3, 0.4) is 0 Å². The van der Waals surface area contributed by atoms with Gasteiger partial charge in [0.2, 0.25) is 0 Å². The molecule has 0 amide bonds. The molecule has 0 aromatic carbocycles. The van der Waals surface area contributed by atoms with Gasteiger partial charge in [-0.3, -0.25) is 0 Å². The lowest BCUT2D eigenvalue weighted by Crippen LogP contribution is -1.84. The van der Waals surface area contributed by atoms with Crippen LogP contribution in [0.2, 0.25) is 0 Å². The van der Waals surface area contributed by atoms with Gasteiger partial charge in [-0.25, -0.2) is 9.97 Å². The van der Waals surface area contributed by atoms with E-state index in [2.05, 4.69) is 26.9 Å². The highest BCUT2D eigenvalue weighted by Gasteiger charge is 2.10. The summed E-state index contributed by atoms with van der Waals surface area (Å²) in [6.45, 7) is 6.08. The maximum absolute atomic E-state index is 4.46. The van der Waals surface area contributed by atoms with Crippen LogP contribution >= 0.6 is 0 Å². The number of hydrogen-bond acceptors (Lipinski definition) is 2. The number of hydrogen-bond donors (Lipinski definition) is 2. The van der Waals surface area contributed by atoms with Gasteiger partial charge in [0.25, 0.3) is 0 Å². The van der Waals surface area contributed by atoms with Gasteiger partial charge in [0, 0.05) is 24.0 Å². The quantitative estimate of drug-likeness (QED) is 0.760. The summed E-state index contributed by atoms with van der Waals surface area (Å²) in [7, 11) is 0. The van der Waals surface area contributed by atoms with Crippen LogP contribution in [0.1, 0.15) is 24.1 Å². The minimum Gasteiger partial charge on any atom is -0.345 e. The minimum absolute atomic E-state index is 0.843. The van der Waals surface area contributed by atoms with E-state index in [0.717, 1.165) is 35.2 Å². The highest BCUT2D eigenvalue weighted by molar-refractivity contribution is 5.53. The fraction of sp³-hybridized carbons (Fsp3) is 0.400. The van der Waals surface area contributed by atoms with Crippen LogP contribution < -0.4 is 0 Å². The fourth-order valence-electron chi connectivity index (χ4n) is 1.45. The first kappa shape index (κ1) is 8.99. The summed E-state index contributed by atoms with van der Waals surface area (Å²) in [6.07, 6.45) is 2.73. The van der Waals surface area contributed by atoms with Gasteiger partial charge in [-0.1, -0.05) is 6.92 Å². The molecule has 14 heavy (non-hydrogen) atoms. The standard InChI is InChI=1S/C10H14N4/c1-4-8-13-7(3)9(14-8)10-11-5-6(2)12-10/h5H,4H2,1-3H3,(H,11,12)(H,13,14). The van der Waals surface area contributed by atoms with Gasteiger partial charge in [-0.05, 0) is 13.8 Å². The Hall–Kier alpha value is -1.58. The van der Waals surface area contributed by atoms with E-state index >= 15 is 0 Å². The molecule has 2 aromatic rings. The summed E-state index contributed by atoms with van der Waals surface area (Å²) >= 11 is 0. The fourth-order valence-corrected chi connectivity index (χ4v) is 1.45. The van der Waals surface area contributed by atoms with Crippen LogP contribution in [0.4, 0.5) is 0 Å². The van der Waals surface area contributed by atoms with Crippen molar-refractivity contribution in [2.45, 2.75) is 27.2 Å². The molecule has 74 valence electrons. The van der Waals surface area contributed by atoms with Gasteiger partial charge >= 0.3 is 0 Å². The summed E-state index contributed by atoms with van der Waals surface area (Å²) in [4.78, 5) is 15.1. The molecule has 0 radical (unpaired) electrons. The number of aromatic amines is 2. The Morgan fingerprint density at radius 2 is 2.07 bits per heavy atom. The van der Waals surface area contributed by atoms with E-state index < -0.39 is 0 Å². The van der Waals surface area contributed by atoms with Gasteiger partial charge in [0.05, 0.1) is 0 Å². The van der Waals surface area contributed by atoms with E-state index in [1.165, 1.54) is 0 Å². The first-order chi connectivity index (χ1) is 6.70. The molecule has 0 aliphatic rings. The molecule has 4 heteroatoms. The monoisotopic (exact) mass is 190 g/mol. The van der Waals surface area contributed by atoms with E-state index in [0.29, 0.717) is 0 Å². The first-order valence-electron chi connectivity index (χ1n) is 4.78. The summed E-state index contributed by atoms with van der Waals surface area (Å²) in [5.74, 6) is 1.85. The number of nitrogens with zero attached hydrogens (tertiary/aromatic N) is 2. The van der Waals surface area contributed by atoms with Gasteiger partial charge in [0.15, 0.2) is 5.82 Å². The number of nitrogens with one attached hydrogen (secondary N) is 2. The zero-order chi connectivity index (χ0) is 10.1. The average molecular weight is 190 g/mol. The smallest absolute Gasteiger partial charge is 0.158 e. The molecule has 0 atom stereocenters. The molecule has 0 bridgehead atoms. The lowest BCUT2D eigenvalue weighted by atomic mass is 10.3. The van der Waals surface area contributed by atoms with Crippen molar-refractivity contribution in [3.63, 3.8) is 0 Å². The Morgan fingerprint density at radius 3 is 2.57 bits per heavy atom. The number of aryl methyl sites for hydroxylation is 3. The van der Waals surface area contributed by atoms with Crippen molar-refractivity contribution >= 4 is 0 Å². The maximum Gasteiger partial charge on any atom is 0.158 e. The predicted molar refractivity (Wildman–Crippen MR) is 55.0 cm³/mol. The normalized spacial score (nSPS) is 10.8. The summed E-state index contributed by atoms with van der Waals surface area (Å²) in [6, 6.07) is 0. The molecule has 0 spiro atoms. The van der Waals surface area contributed by atoms with Crippen LogP contribution in [0.15, 0.2) is 6.20 Å². The van der Waals surface area contributed by atoms with Gasteiger partial charge in [0.1, 0.15) is 11.5 Å². The van der Waals surface area contributed by atoms with Crippen molar-refractivity contribution in [3.05, 3.63) is 23.4 Å². The molecule has 4 nitrogen and oxygen atoms in total. The average Bonchev–Trinajstić information content (AvgIpc) is 2.71. The number of aromatic nitrogens is 4. The Bertz CT molecular complexity index is 439. The van der Waals surface area contributed by atoms with Gasteiger partial charge < -0.3 is 9.97 Å². The number of imidazole rings is 2. The topological polar surface area (TPSA) is 57.4 Å². The third kappa shape index (κ3) is 1.43. The number of rotatable bonds is 2. The minimum atomic E-state index is 0.843. The Morgan fingerprint density at radius 1 is 1.29 bits per heavy atom. The second-order valence-electron chi connectivity index (χ2n) is 3.43. The second-order valence-corrected chi connectivity index (χ2v) is 3.43. The van der Waals surface area contributed by atoms with Crippen molar-refractivity contribution in [1.82, 2.24) is 19.9 Å². The highest BCUT2D eigenvalue weighted by atomic mass is 15.0. The van der Waals surface area contributed by atoms with E-state index in [9.17, 15) is 0 Å². The van der Waals surface area contributed by atoms with Crippen molar-refractivity contribution in [2.24, 2.45) is 0 Å². The SMILES string of the molecule is CCc1nc(-c2ncc(C)[nH]2)c(C)[nH]1. The molecular formula is C10H14N4. The lowest BCUT2D eigenvalue weighted by Gasteiger charge is -1.90. The largest absolute Gasteiger partial charge is 0.345 e. The molecule has 2 rings (SSSR count). The molecule has 0 saturated heterocycles. The maximum atomic E-state index is 4.46. The number of H-pyrrole nitrogens is 2. The first-order valence-corrected chi connectivity index (χ1v) is 4.78. The third-order valence-electron chi connectivity index (χ3n) is 2.20. The second kappa shape index (κ2) is 3.29. The Labute approximate surface area is 82.8 Å². The van der Waals surface area contributed by atoms with Crippen molar-refractivity contribution < 1.29 is 0 Å². The highest BCUT2D eigenvalue weighted by Crippen LogP contribution is 2.17. The Balaban J connectivity index is 2.45. The van der Waals surface area contributed by atoms with Crippen LogP contribution in [-0.4, -0.2) is 19.9 Å². The Kier molecular flexibility index (Phi) is 2.11. The molecule has 0 aliphatic carbocycles. The van der Waals surface area contributed by atoms with Gasteiger partial charge in [-0.2, -0.15) is 0 Å². The van der Waals surface area contributed by atoms with Crippen LogP contribution in [0, 0.1) is 13.8 Å². The molecule has 2 heterocycles. The predicted octanol–water partition coefficient (Wildman–Crippen LogP) is 1.98. The molecule has 0 unspecified atom stereocenters. The molecular weight excluding hydrogens is 176 g/mol. The summed E-state index contributed by atoms with van der Waals surface area (Å²) < 4.78 is 0. The van der Waals surface area contributed by atoms with Crippen molar-refractivity contribution in [1.29, 1.82) is 0 Å². The zero-order valence-corrected chi connectivity index (χ0v) is 8.68. The molecule has 0 saturated carbocycles. The van der Waals surface area contributed by atoms with Crippen LogP contribution in [0.5, 0.6) is 0 Å².